The van der Waals surface area contributed by atoms with Gasteiger partial charge < -0.3 is 25.8 Å². The average molecular weight is 655 g/mol. The Morgan fingerprint density at radius 2 is 1.95 bits per heavy atom. The first kappa shape index (κ1) is 34.3. The van der Waals surface area contributed by atoms with E-state index >= 15 is 0 Å². The fourth-order valence-electron chi connectivity index (χ4n) is 4.66. The SMILES string of the molecule is CCN(CC)CCOC(=O)C1=C(CSc2nnnn2CC(=O)O)CS[C@@H]2[C@H](NC(=O)Cc3ccccc3CN)C(=O)N12.Cl. The van der Waals surface area contributed by atoms with Crippen LogP contribution >= 0.6 is 35.9 Å². The number of likely N-dealkylation sites (N-methyl/N-ethyl adjacent to an activating group) is 1. The molecule has 0 saturated carbocycles. The Hall–Kier alpha value is -3.18. The van der Waals surface area contributed by atoms with Crippen LogP contribution in [-0.4, -0.2) is 108 Å². The highest BCUT2D eigenvalue weighted by molar-refractivity contribution is 8.01. The zero-order chi connectivity index (χ0) is 30.2. The van der Waals surface area contributed by atoms with Crippen LogP contribution < -0.4 is 11.1 Å². The van der Waals surface area contributed by atoms with Crippen molar-refractivity contribution in [3.05, 3.63) is 46.7 Å². The van der Waals surface area contributed by atoms with Gasteiger partial charge >= 0.3 is 11.9 Å². The van der Waals surface area contributed by atoms with E-state index in [4.69, 9.17) is 15.6 Å². The number of carbonyl (C=O) groups is 4. The maximum absolute atomic E-state index is 13.4. The number of halogens is 1. The van der Waals surface area contributed by atoms with Gasteiger partial charge in [0.2, 0.25) is 11.1 Å². The maximum atomic E-state index is 13.4. The number of carbonyl (C=O) groups excluding carboxylic acids is 3. The lowest BCUT2D eigenvalue weighted by Crippen LogP contribution is -2.70. The summed E-state index contributed by atoms with van der Waals surface area (Å²) in [6.07, 6.45) is 0.0809. The van der Waals surface area contributed by atoms with Crippen LogP contribution in [0.25, 0.3) is 0 Å². The predicted octanol–water partition coefficient (Wildman–Crippen LogP) is 0.512. The van der Waals surface area contributed by atoms with Gasteiger partial charge in [0.1, 0.15) is 30.3 Å². The van der Waals surface area contributed by atoms with Crippen molar-refractivity contribution in [2.45, 2.75) is 49.9 Å². The molecule has 4 N–H and O–H groups in total. The monoisotopic (exact) mass is 654 g/mol. The number of fused-ring (bicyclic) bond motifs is 1. The minimum Gasteiger partial charge on any atom is -0.480 e. The van der Waals surface area contributed by atoms with Crippen molar-refractivity contribution in [1.82, 2.24) is 35.3 Å². The van der Waals surface area contributed by atoms with Crippen molar-refractivity contribution >= 4 is 59.7 Å². The number of tetrazole rings is 1. The van der Waals surface area contributed by atoms with Gasteiger partial charge in [0.25, 0.3) is 5.91 Å². The van der Waals surface area contributed by atoms with E-state index in [1.807, 2.05) is 38.1 Å². The number of amides is 2. The highest BCUT2D eigenvalue weighted by Crippen LogP contribution is 2.42. The summed E-state index contributed by atoms with van der Waals surface area (Å²) in [5, 5.41) is 22.9. The van der Waals surface area contributed by atoms with Crippen LogP contribution in [0.3, 0.4) is 0 Å². The number of nitrogens with two attached hydrogens (primary N) is 1. The molecule has 2 aliphatic heterocycles. The first-order valence-electron chi connectivity index (χ1n) is 13.5. The molecule has 0 radical (unpaired) electrons. The first-order valence-corrected chi connectivity index (χ1v) is 15.5. The molecule has 4 rings (SSSR count). The number of esters is 1. The number of carboxylic acids is 1. The molecule has 2 atom stereocenters. The third-order valence-corrected chi connectivity index (χ3v) is 9.32. The number of hydrogen-bond acceptors (Lipinski definition) is 12. The molecular weight excluding hydrogens is 620 g/mol. The smallest absolute Gasteiger partial charge is 0.355 e. The van der Waals surface area contributed by atoms with Crippen molar-refractivity contribution in [3.8, 4) is 0 Å². The van der Waals surface area contributed by atoms with E-state index in [2.05, 4.69) is 25.7 Å². The van der Waals surface area contributed by atoms with E-state index in [1.54, 1.807) is 0 Å². The van der Waals surface area contributed by atoms with E-state index in [1.165, 1.54) is 16.7 Å². The quantitative estimate of drug-likeness (QED) is 0.137. The average Bonchev–Trinajstić information content (AvgIpc) is 3.42. The molecule has 1 aromatic heterocycles. The number of rotatable bonds is 15. The second-order valence-electron chi connectivity index (χ2n) is 9.52. The number of nitrogens with one attached hydrogen (secondary N) is 1. The van der Waals surface area contributed by atoms with Crippen LogP contribution in [0.2, 0.25) is 0 Å². The van der Waals surface area contributed by atoms with Gasteiger partial charge in [-0.25, -0.2) is 9.48 Å². The highest BCUT2D eigenvalue weighted by Gasteiger charge is 2.54. The van der Waals surface area contributed by atoms with Crippen LogP contribution in [0, 0.1) is 0 Å². The molecule has 0 bridgehead atoms. The minimum atomic E-state index is -1.09. The minimum absolute atomic E-state index is 0. The Balaban J connectivity index is 0.00000506. The lowest BCUT2D eigenvalue weighted by Gasteiger charge is -2.49. The molecule has 2 aromatic rings. The standard InChI is InChI=1S/C26H34N8O6S2.ClH/c1-3-32(4-2)9-10-40-25(39)22-18(15-42-26-29-30-31-33(26)13-20(36)37)14-41-24-21(23(38)34(22)24)28-19(35)11-16-7-5-6-8-17(16)12-27;/h5-8,21,24H,3-4,9-15,27H2,1-2H3,(H,28,35)(H,36,37);1H/t21-,24-;/m1./s1. The van der Waals surface area contributed by atoms with Gasteiger partial charge in [-0.2, -0.15) is 0 Å². The lowest BCUT2D eigenvalue weighted by molar-refractivity contribution is -0.153. The third kappa shape index (κ3) is 8.26. The third-order valence-electron chi connectivity index (χ3n) is 6.94. The Labute approximate surface area is 263 Å². The second-order valence-corrected chi connectivity index (χ2v) is 11.6. The Bertz CT molecular complexity index is 1350. The Kier molecular flexibility index (Phi) is 12.8. The summed E-state index contributed by atoms with van der Waals surface area (Å²) < 4.78 is 6.76. The van der Waals surface area contributed by atoms with E-state index in [9.17, 15) is 19.2 Å². The summed E-state index contributed by atoms with van der Waals surface area (Å²) in [7, 11) is 0. The fourth-order valence-corrected chi connectivity index (χ4v) is 7.03. The largest absolute Gasteiger partial charge is 0.480 e. The molecule has 2 amide bonds. The number of aromatic nitrogens is 4. The number of benzene rings is 1. The van der Waals surface area contributed by atoms with Gasteiger partial charge in [0, 0.05) is 24.6 Å². The highest BCUT2D eigenvalue weighted by atomic mass is 35.5. The van der Waals surface area contributed by atoms with Crippen molar-refractivity contribution in [3.63, 3.8) is 0 Å². The molecular formula is C26H35ClN8O6S2. The molecule has 43 heavy (non-hydrogen) atoms. The fraction of sp³-hybridized carbons (Fsp3) is 0.500. The first-order chi connectivity index (χ1) is 20.3. The number of β-lactam (4-membered cyclic amide) rings is 1. The van der Waals surface area contributed by atoms with E-state index in [-0.39, 0.29) is 47.9 Å². The molecule has 1 aromatic carbocycles. The van der Waals surface area contributed by atoms with Crippen molar-refractivity contribution in [1.29, 1.82) is 0 Å². The molecule has 14 nitrogen and oxygen atoms in total. The summed E-state index contributed by atoms with van der Waals surface area (Å²) in [5.41, 5.74) is 8.22. The van der Waals surface area contributed by atoms with Gasteiger partial charge in [-0.05, 0) is 40.2 Å². The number of carboxylic acid groups (broad SMARTS) is 1. The van der Waals surface area contributed by atoms with E-state index in [0.29, 0.717) is 24.4 Å². The summed E-state index contributed by atoms with van der Waals surface area (Å²) in [4.78, 5) is 54.3. The van der Waals surface area contributed by atoms with E-state index in [0.717, 1.165) is 40.7 Å². The molecule has 0 unspecified atom stereocenters. The van der Waals surface area contributed by atoms with Crippen molar-refractivity contribution < 1.29 is 29.0 Å². The number of thioether (sulfide) groups is 2. The van der Waals surface area contributed by atoms with Crippen molar-refractivity contribution in [2.75, 3.05) is 37.7 Å². The zero-order valence-corrected chi connectivity index (χ0v) is 26.3. The zero-order valence-electron chi connectivity index (χ0n) is 23.8. The molecule has 2 aliphatic rings. The molecule has 3 heterocycles. The number of aliphatic carboxylic acids is 1. The van der Waals surface area contributed by atoms with Crippen LogP contribution in [0.15, 0.2) is 40.7 Å². The van der Waals surface area contributed by atoms with Crippen molar-refractivity contribution in [2.24, 2.45) is 5.73 Å². The summed E-state index contributed by atoms with van der Waals surface area (Å²) in [6.45, 7) is 6.25. The van der Waals surface area contributed by atoms with Crippen LogP contribution in [0.5, 0.6) is 0 Å². The number of ether oxygens (including phenoxy) is 1. The van der Waals surface area contributed by atoms with Gasteiger partial charge in [-0.1, -0.05) is 49.9 Å². The van der Waals surface area contributed by atoms with Gasteiger partial charge in [-0.15, -0.1) is 29.3 Å². The summed E-state index contributed by atoms with van der Waals surface area (Å²) >= 11 is 2.59. The molecule has 234 valence electrons. The maximum Gasteiger partial charge on any atom is 0.355 e. The number of hydrogen-bond donors (Lipinski definition) is 3. The van der Waals surface area contributed by atoms with E-state index < -0.39 is 35.8 Å². The van der Waals surface area contributed by atoms with Crippen LogP contribution in [0.1, 0.15) is 25.0 Å². The summed E-state index contributed by atoms with van der Waals surface area (Å²) in [5.74, 6) is -1.80. The van der Waals surface area contributed by atoms with Gasteiger partial charge in [-0.3, -0.25) is 19.3 Å². The van der Waals surface area contributed by atoms with Crippen LogP contribution in [-0.2, 0) is 43.4 Å². The van der Waals surface area contributed by atoms with Crippen LogP contribution in [0.4, 0.5) is 0 Å². The predicted molar refractivity (Wildman–Crippen MR) is 162 cm³/mol. The molecule has 0 spiro atoms. The topological polar surface area (TPSA) is 186 Å². The van der Waals surface area contributed by atoms with Gasteiger partial charge in [0.05, 0.1) is 6.42 Å². The van der Waals surface area contributed by atoms with Gasteiger partial charge in [0.15, 0.2) is 0 Å². The molecule has 1 fully saturated rings. The molecule has 0 aliphatic carbocycles. The lowest BCUT2D eigenvalue weighted by atomic mass is 10.0. The normalized spacial score (nSPS) is 17.7. The second kappa shape index (κ2) is 16.0. The summed E-state index contributed by atoms with van der Waals surface area (Å²) in [6, 6.07) is 6.59. The Morgan fingerprint density at radius 3 is 2.63 bits per heavy atom. The Morgan fingerprint density at radius 1 is 1.23 bits per heavy atom. The number of nitrogens with zero attached hydrogens (tertiary/aromatic N) is 6. The molecule has 1 saturated heterocycles. The molecule has 17 heteroatoms.